The maximum Gasteiger partial charge on any atom is 0.142 e. The molecule has 2 nitrogen and oxygen atoms in total. The molecule has 1 aromatic rings. The first kappa shape index (κ1) is 15.7. The quantitative estimate of drug-likeness (QED) is 0.858. The van der Waals surface area contributed by atoms with Gasteiger partial charge in [-0.2, -0.15) is 0 Å². The lowest BCUT2D eigenvalue weighted by molar-refractivity contribution is 0.195. The summed E-state index contributed by atoms with van der Waals surface area (Å²) in [6.07, 6.45) is 4.92. The van der Waals surface area contributed by atoms with Crippen molar-refractivity contribution in [1.82, 2.24) is 10.2 Å². The second-order valence-electron chi connectivity index (χ2n) is 5.60. The molecule has 1 saturated heterocycles. The van der Waals surface area contributed by atoms with Crippen molar-refractivity contribution < 1.29 is 4.39 Å². The smallest absolute Gasteiger partial charge is 0.142 e. The lowest BCUT2D eigenvalue weighted by Crippen LogP contribution is -2.42. The molecule has 1 fully saturated rings. The standard InChI is InChI=1S/C16H24ClFN2/c1-2-3-8-20-9-6-14(7-10-20)19-12-13-4-5-15(17)16(18)11-13/h4-5,11,14,19H,2-3,6-10,12H2,1H3. The number of piperidine rings is 1. The molecule has 0 spiro atoms. The molecule has 0 aliphatic carbocycles. The maximum absolute atomic E-state index is 13.3. The van der Waals surface area contributed by atoms with E-state index >= 15 is 0 Å². The van der Waals surface area contributed by atoms with Gasteiger partial charge < -0.3 is 10.2 Å². The predicted molar refractivity (Wildman–Crippen MR) is 82.6 cm³/mol. The topological polar surface area (TPSA) is 15.3 Å². The molecule has 1 aliphatic rings. The molecule has 1 N–H and O–H groups in total. The summed E-state index contributed by atoms with van der Waals surface area (Å²) in [6, 6.07) is 5.58. The molecule has 0 aromatic heterocycles. The highest BCUT2D eigenvalue weighted by Gasteiger charge is 2.18. The van der Waals surface area contributed by atoms with E-state index in [4.69, 9.17) is 11.6 Å². The van der Waals surface area contributed by atoms with Gasteiger partial charge in [0.1, 0.15) is 5.82 Å². The fourth-order valence-electron chi connectivity index (χ4n) is 2.65. The summed E-state index contributed by atoms with van der Waals surface area (Å²) < 4.78 is 13.3. The van der Waals surface area contributed by atoms with Crippen molar-refractivity contribution in [3.8, 4) is 0 Å². The molecule has 0 unspecified atom stereocenters. The molecule has 4 heteroatoms. The van der Waals surface area contributed by atoms with Crippen LogP contribution in [0.25, 0.3) is 0 Å². The lowest BCUT2D eigenvalue weighted by Gasteiger charge is -2.32. The second kappa shape index (κ2) is 7.96. The van der Waals surface area contributed by atoms with Crippen molar-refractivity contribution in [3.05, 3.63) is 34.6 Å². The summed E-state index contributed by atoms with van der Waals surface area (Å²) in [5.74, 6) is -0.333. The van der Waals surface area contributed by atoms with Gasteiger partial charge in [0.05, 0.1) is 5.02 Å². The number of benzene rings is 1. The van der Waals surface area contributed by atoms with E-state index in [1.807, 2.05) is 6.07 Å². The summed E-state index contributed by atoms with van der Waals surface area (Å²) in [6.45, 7) is 6.53. The minimum absolute atomic E-state index is 0.193. The third-order valence-electron chi connectivity index (χ3n) is 3.99. The molecule has 0 atom stereocenters. The molecule has 1 aliphatic heterocycles. The minimum Gasteiger partial charge on any atom is -0.310 e. The summed E-state index contributed by atoms with van der Waals surface area (Å²) in [4.78, 5) is 2.55. The Morgan fingerprint density at radius 3 is 2.75 bits per heavy atom. The van der Waals surface area contributed by atoms with E-state index < -0.39 is 0 Å². The SMILES string of the molecule is CCCCN1CCC(NCc2ccc(Cl)c(F)c2)CC1. The van der Waals surface area contributed by atoms with Gasteiger partial charge in [0.2, 0.25) is 0 Å². The zero-order valence-electron chi connectivity index (χ0n) is 12.2. The van der Waals surface area contributed by atoms with Crippen LogP contribution < -0.4 is 5.32 Å². The van der Waals surface area contributed by atoms with Gasteiger partial charge in [-0.25, -0.2) is 4.39 Å². The maximum atomic E-state index is 13.3. The molecule has 0 saturated carbocycles. The van der Waals surface area contributed by atoms with Crippen LogP contribution in [0.3, 0.4) is 0 Å². The minimum atomic E-state index is -0.333. The molecule has 1 heterocycles. The van der Waals surface area contributed by atoms with Crippen LogP contribution in [0.2, 0.25) is 5.02 Å². The molecule has 20 heavy (non-hydrogen) atoms. The number of nitrogens with zero attached hydrogens (tertiary/aromatic N) is 1. The van der Waals surface area contributed by atoms with Gasteiger partial charge in [0.15, 0.2) is 0 Å². The van der Waals surface area contributed by atoms with Gasteiger partial charge in [-0.1, -0.05) is 31.0 Å². The van der Waals surface area contributed by atoms with Crippen molar-refractivity contribution >= 4 is 11.6 Å². The molecule has 2 rings (SSSR count). The molecule has 112 valence electrons. The van der Waals surface area contributed by atoms with Gasteiger partial charge in [0, 0.05) is 12.6 Å². The number of hydrogen-bond acceptors (Lipinski definition) is 2. The third kappa shape index (κ3) is 4.72. The molecular formula is C16H24ClFN2. The summed E-state index contributed by atoms with van der Waals surface area (Å²) >= 11 is 5.69. The van der Waals surface area contributed by atoms with Crippen LogP contribution in [0.4, 0.5) is 4.39 Å². The fourth-order valence-corrected chi connectivity index (χ4v) is 2.77. The van der Waals surface area contributed by atoms with Crippen LogP contribution in [-0.2, 0) is 6.54 Å². The highest BCUT2D eigenvalue weighted by atomic mass is 35.5. The zero-order chi connectivity index (χ0) is 14.4. The van der Waals surface area contributed by atoms with Gasteiger partial charge in [-0.05, 0) is 56.6 Å². The molecular weight excluding hydrogens is 275 g/mol. The van der Waals surface area contributed by atoms with Crippen LogP contribution in [0, 0.1) is 5.82 Å². The number of halogens is 2. The molecule has 1 aromatic carbocycles. The number of unbranched alkanes of at least 4 members (excludes halogenated alkanes) is 1. The van der Waals surface area contributed by atoms with Crippen LogP contribution >= 0.6 is 11.6 Å². The number of nitrogens with one attached hydrogen (secondary N) is 1. The van der Waals surface area contributed by atoms with Crippen molar-refractivity contribution in [2.45, 2.75) is 45.2 Å². The van der Waals surface area contributed by atoms with Gasteiger partial charge >= 0.3 is 0 Å². The Morgan fingerprint density at radius 1 is 1.35 bits per heavy atom. The second-order valence-corrected chi connectivity index (χ2v) is 6.01. The van der Waals surface area contributed by atoms with Crippen LogP contribution in [0.5, 0.6) is 0 Å². The first-order valence-corrected chi connectivity index (χ1v) is 7.96. The monoisotopic (exact) mass is 298 g/mol. The van der Waals surface area contributed by atoms with Crippen molar-refractivity contribution in [2.75, 3.05) is 19.6 Å². The average molecular weight is 299 g/mol. The number of hydrogen-bond donors (Lipinski definition) is 1. The van der Waals surface area contributed by atoms with Gasteiger partial charge in [0.25, 0.3) is 0 Å². The summed E-state index contributed by atoms with van der Waals surface area (Å²) in [5, 5.41) is 3.72. The molecule has 0 radical (unpaired) electrons. The number of rotatable bonds is 6. The van der Waals surface area contributed by atoms with E-state index in [0.29, 0.717) is 12.6 Å². The Hall–Kier alpha value is -0.640. The van der Waals surface area contributed by atoms with E-state index in [0.717, 1.165) is 5.56 Å². The van der Waals surface area contributed by atoms with Crippen molar-refractivity contribution in [2.24, 2.45) is 0 Å². The lowest BCUT2D eigenvalue weighted by atomic mass is 10.0. The third-order valence-corrected chi connectivity index (χ3v) is 4.30. The van der Waals surface area contributed by atoms with E-state index in [1.165, 1.54) is 51.4 Å². The Morgan fingerprint density at radius 2 is 2.10 bits per heavy atom. The summed E-state index contributed by atoms with van der Waals surface area (Å²) in [5.41, 5.74) is 0.959. The van der Waals surface area contributed by atoms with E-state index in [2.05, 4.69) is 17.1 Å². The fraction of sp³-hybridized carbons (Fsp3) is 0.625. The zero-order valence-corrected chi connectivity index (χ0v) is 12.9. The van der Waals surface area contributed by atoms with E-state index in [-0.39, 0.29) is 10.8 Å². The highest BCUT2D eigenvalue weighted by Crippen LogP contribution is 2.16. The van der Waals surface area contributed by atoms with Gasteiger partial charge in [-0.3, -0.25) is 0 Å². The Bertz CT molecular complexity index is 417. The first-order valence-electron chi connectivity index (χ1n) is 7.58. The van der Waals surface area contributed by atoms with Crippen molar-refractivity contribution in [3.63, 3.8) is 0 Å². The van der Waals surface area contributed by atoms with Crippen LogP contribution in [0.1, 0.15) is 38.2 Å². The van der Waals surface area contributed by atoms with E-state index in [9.17, 15) is 4.39 Å². The predicted octanol–water partition coefficient (Wildman–Crippen LogP) is 3.83. The Balaban J connectivity index is 1.71. The summed E-state index contributed by atoms with van der Waals surface area (Å²) in [7, 11) is 0. The number of likely N-dealkylation sites (tertiary alicyclic amines) is 1. The van der Waals surface area contributed by atoms with E-state index in [1.54, 1.807) is 6.07 Å². The normalized spacial score (nSPS) is 17.6. The van der Waals surface area contributed by atoms with Crippen LogP contribution in [-0.4, -0.2) is 30.6 Å². The largest absolute Gasteiger partial charge is 0.310 e. The van der Waals surface area contributed by atoms with Gasteiger partial charge in [-0.15, -0.1) is 0 Å². The Labute approximate surface area is 126 Å². The first-order chi connectivity index (χ1) is 9.69. The molecule has 0 amide bonds. The van der Waals surface area contributed by atoms with Crippen molar-refractivity contribution in [1.29, 1.82) is 0 Å². The highest BCUT2D eigenvalue weighted by molar-refractivity contribution is 6.30. The average Bonchev–Trinajstić information content (AvgIpc) is 2.47. The molecule has 0 bridgehead atoms. The van der Waals surface area contributed by atoms with Crippen LogP contribution in [0.15, 0.2) is 18.2 Å². The Kier molecular flexibility index (Phi) is 6.27.